The van der Waals surface area contributed by atoms with Crippen LogP contribution in [0.15, 0.2) is 40.9 Å². The van der Waals surface area contributed by atoms with Crippen LogP contribution < -0.4 is 16.4 Å². The van der Waals surface area contributed by atoms with Gasteiger partial charge in [0.25, 0.3) is 10.7 Å². The van der Waals surface area contributed by atoms with Crippen molar-refractivity contribution in [2.75, 3.05) is 6.54 Å². The molecule has 10 heteroatoms. The maximum Gasteiger partial charge on any atom is 0.284 e. The topological polar surface area (TPSA) is 139 Å². The van der Waals surface area contributed by atoms with E-state index in [9.17, 15) is 9.59 Å². The highest BCUT2D eigenvalue weighted by Crippen LogP contribution is 2.33. The van der Waals surface area contributed by atoms with Gasteiger partial charge in [0.1, 0.15) is 6.04 Å². The lowest BCUT2D eigenvalue weighted by molar-refractivity contribution is -0.124. The summed E-state index contributed by atoms with van der Waals surface area (Å²) in [6, 6.07) is 8.24. The molecule has 0 bridgehead atoms. The molecule has 0 spiro atoms. The predicted molar refractivity (Wildman–Crippen MR) is 121 cm³/mol. The van der Waals surface area contributed by atoms with Crippen LogP contribution in [0.1, 0.15) is 54.3 Å². The second-order valence-electron chi connectivity index (χ2n) is 7.97. The molecule has 4 rings (SSSR count). The van der Waals surface area contributed by atoms with Gasteiger partial charge in [0.15, 0.2) is 0 Å². The number of rotatable bonds is 8. The molecular weight excluding hydrogens is 428 g/mol. The molecular formula is C22H26N6O3S. The number of H-pyrrole nitrogens is 1. The third-order valence-electron chi connectivity index (χ3n) is 5.80. The number of aromatic amines is 1. The fourth-order valence-corrected chi connectivity index (χ4v) is 4.28. The van der Waals surface area contributed by atoms with Gasteiger partial charge >= 0.3 is 0 Å². The normalized spacial score (nSPS) is 19.0. The Labute approximate surface area is 190 Å². The molecule has 5 N–H and O–H groups in total. The average Bonchev–Trinajstić information content (AvgIpc) is 3.44. The van der Waals surface area contributed by atoms with Crippen molar-refractivity contribution in [3.63, 3.8) is 0 Å². The summed E-state index contributed by atoms with van der Waals surface area (Å²) in [5.74, 6) is -0.110. The number of nitrogens with zero attached hydrogens (tertiary/aromatic N) is 2. The van der Waals surface area contributed by atoms with E-state index >= 15 is 0 Å². The standard InChI is InChI=1S/C22H26N6O3S/c23-10-2-7-17(26-19(29)14-9-8-13-4-3-11-24-18(13)12-14)20(30)25-16-6-1-5-15(16)21-27-28-22(32)31-21/h3-4,8-9,11-12,15-17H,1-2,5-7,10,23H2,(H,25,30)(H,26,29)(H,28,32)/t15-,16?,17+/m1/s1. The number of carbonyl (C=O) groups excluding carboxylic acids is 2. The van der Waals surface area contributed by atoms with Crippen LogP contribution in [-0.4, -0.2) is 45.6 Å². The highest BCUT2D eigenvalue weighted by atomic mass is 32.1. The molecule has 0 saturated heterocycles. The Morgan fingerprint density at radius 2 is 2.19 bits per heavy atom. The van der Waals surface area contributed by atoms with E-state index in [-0.39, 0.29) is 28.6 Å². The molecule has 0 aliphatic heterocycles. The first-order valence-corrected chi connectivity index (χ1v) is 11.2. The van der Waals surface area contributed by atoms with Crippen molar-refractivity contribution in [3.8, 4) is 0 Å². The van der Waals surface area contributed by atoms with E-state index in [1.807, 2.05) is 18.2 Å². The summed E-state index contributed by atoms with van der Waals surface area (Å²) in [7, 11) is 0. The third-order valence-corrected chi connectivity index (χ3v) is 5.98. The Hall–Kier alpha value is -3.11. The monoisotopic (exact) mass is 454 g/mol. The lowest BCUT2D eigenvalue weighted by Gasteiger charge is -2.23. The van der Waals surface area contributed by atoms with E-state index in [0.29, 0.717) is 30.8 Å². The molecule has 1 unspecified atom stereocenters. The Balaban J connectivity index is 1.46. The number of nitrogens with two attached hydrogens (primary N) is 1. The zero-order valence-electron chi connectivity index (χ0n) is 17.5. The number of nitrogens with one attached hydrogen (secondary N) is 3. The average molecular weight is 455 g/mol. The van der Waals surface area contributed by atoms with Crippen LogP contribution in [-0.2, 0) is 4.79 Å². The number of benzene rings is 1. The molecule has 1 aromatic carbocycles. The van der Waals surface area contributed by atoms with Crippen molar-refractivity contribution in [1.82, 2.24) is 25.8 Å². The zero-order valence-corrected chi connectivity index (χ0v) is 18.4. The minimum Gasteiger partial charge on any atom is -0.414 e. The van der Waals surface area contributed by atoms with Crippen LogP contribution in [0.3, 0.4) is 0 Å². The molecule has 1 aliphatic carbocycles. The highest BCUT2D eigenvalue weighted by Gasteiger charge is 2.35. The van der Waals surface area contributed by atoms with Gasteiger partial charge in [-0.2, -0.15) is 0 Å². The van der Waals surface area contributed by atoms with Gasteiger partial charge in [-0.3, -0.25) is 14.6 Å². The van der Waals surface area contributed by atoms with E-state index < -0.39 is 6.04 Å². The van der Waals surface area contributed by atoms with Crippen LogP contribution >= 0.6 is 12.2 Å². The van der Waals surface area contributed by atoms with Crippen molar-refractivity contribution in [2.24, 2.45) is 5.73 Å². The molecule has 2 aromatic heterocycles. The number of carbonyl (C=O) groups is 2. The van der Waals surface area contributed by atoms with E-state index in [2.05, 4.69) is 25.8 Å². The minimum absolute atomic E-state index is 0.0516. The Bertz CT molecular complexity index is 1160. The fourth-order valence-electron chi connectivity index (χ4n) is 4.15. The van der Waals surface area contributed by atoms with Gasteiger partial charge in [-0.25, -0.2) is 5.10 Å². The van der Waals surface area contributed by atoms with E-state index in [0.717, 1.165) is 30.2 Å². The second kappa shape index (κ2) is 10.0. The molecule has 168 valence electrons. The molecule has 2 amide bonds. The highest BCUT2D eigenvalue weighted by molar-refractivity contribution is 7.71. The minimum atomic E-state index is -0.697. The number of hydrogen-bond acceptors (Lipinski definition) is 7. The van der Waals surface area contributed by atoms with E-state index in [1.165, 1.54) is 0 Å². The number of hydrogen-bond donors (Lipinski definition) is 4. The van der Waals surface area contributed by atoms with Gasteiger partial charge < -0.3 is 20.8 Å². The summed E-state index contributed by atoms with van der Waals surface area (Å²) in [5.41, 5.74) is 6.83. The number of fused-ring (bicyclic) bond motifs is 1. The summed E-state index contributed by atoms with van der Waals surface area (Å²) in [6.07, 6.45) is 5.33. The van der Waals surface area contributed by atoms with Gasteiger partial charge in [-0.1, -0.05) is 18.6 Å². The first-order chi connectivity index (χ1) is 15.5. The van der Waals surface area contributed by atoms with Gasteiger partial charge in [0, 0.05) is 23.2 Å². The summed E-state index contributed by atoms with van der Waals surface area (Å²) < 4.78 is 5.47. The summed E-state index contributed by atoms with van der Waals surface area (Å²) in [5, 5.41) is 13.7. The van der Waals surface area contributed by atoms with Gasteiger partial charge in [0.05, 0.1) is 11.4 Å². The quantitative estimate of drug-likeness (QED) is 0.384. The van der Waals surface area contributed by atoms with Crippen LogP contribution in [0.4, 0.5) is 0 Å². The van der Waals surface area contributed by atoms with Gasteiger partial charge in [-0.15, -0.1) is 5.10 Å². The van der Waals surface area contributed by atoms with Crippen molar-refractivity contribution >= 4 is 34.9 Å². The van der Waals surface area contributed by atoms with Gasteiger partial charge in [-0.05, 0) is 62.6 Å². The number of amides is 2. The number of pyridine rings is 1. The third kappa shape index (κ3) is 5.03. The Kier molecular flexibility index (Phi) is 6.91. The predicted octanol–water partition coefficient (Wildman–Crippen LogP) is 2.57. The summed E-state index contributed by atoms with van der Waals surface area (Å²) >= 11 is 4.97. The van der Waals surface area contributed by atoms with Gasteiger partial charge in [0.2, 0.25) is 11.8 Å². The van der Waals surface area contributed by atoms with Crippen LogP contribution in [0, 0.1) is 4.84 Å². The molecule has 0 radical (unpaired) electrons. The molecule has 32 heavy (non-hydrogen) atoms. The van der Waals surface area contributed by atoms with Crippen LogP contribution in [0.5, 0.6) is 0 Å². The maximum absolute atomic E-state index is 13.1. The molecule has 3 aromatic rings. The number of aromatic nitrogens is 3. The molecule has 1 aliphatic rings. The molecule has 3 atom stereocenters. The molecule has 1 fully saturated rings. The van der Waals surface area contributed by atoms with Crippen molar-refractivity contribution in [1.29, 1.82) is 0 Å². The zero-order chi connectivity index (χ0) is 22.5. The van der Waals surface area contributed by atoms with Crippen molar-refractivity contribution in [3.05, 3.63) is 52.8 Å². The van der Waals surface area contributed by atoms with E-state index in [1.54, 1.807) is 18.3 Å². The lowest BCUT2D eigenvalue weighted by Crippen LogP contribution is -2.50. The molecule has 2 heterocycles. The Morgan fingerprint density at radius 1 is 1.31 bits per heavy atom. The lowest BCUT2D eigenvalue weighted by atomic mass is 10.0. The first-order valence-electron chi connectivity index (χ1n) is 10.8. The second-order valence-corrected chi connectivity index (χ2v) is 8.34. The Morgan fingerprint density at radius 3 is 2.97 bits per heavy atom. The first kappa shape index (κ1) is 22.1. The van der Waals surface area contributed by atoms with Crippen molar-refractivity contribution in [2.45, 2.75) is 50.1 Å². The smallest absolute Gasteiger partial charge is 0.284 e. The largest absolute Gasteiger partial charge is 0.414 e. The van der Waals surface area contributed by atoms with Crippen LogP contribution in [0.25, 0.3) is 10.9 Å². The SMILES string of the molecule is NCCC[C@H](NC(=O)c1ccc2cccnc2c1)C(=O)NC1CCC[C@H]1c1n[nH]c(=S)o1. The molecule has 9 nitrogen and oxygen atoms in total. The summed E-state index contributed by atoms with van der Waals surface area (Å²) in [4.78, 5) is 30.5. The summed E-state index contributed by atoms with van der Waals surface area (Å²) in [6.45, 7) is 0.430. The maximum atomic E-state index is 13.1. The fraction of sp³-hybridized carbons (Fsp3) is 0.409. The van der Waals surface area contributed by atoms with Crippen molar-refractivity contribution < 1.29 is 14.0 Å². The van der Waals surface area contributed by atoms with E-state index in [4.69, 9.17) is 22.4 Å². The molecule has 1 saturated carbocycles. The van der Waals surface area contributed by atoms with Crippen LogP contribution in [0.2, 0.25) is 0 Å².